The third-order valence-electron chi connectivity index (χ3n) is 3.17. The number of nitrogens with one attached hydrogen (secondary N) is 1. The molecule has 0 saturated carbocycles. The van der Waals surface area contributed by atoms with Crippen molar-refractivity contribution in [1.82, 2.24) is 5.32 Å². The summed E-state index contributed by atoms with van der Waals surface area (Å²) in [6, 6.07) is 12.9. The quantitative estimate of drug-likeness (QED) is 0.808. The Labute approximate surface area is 140 Å². The molecule has 2 aromatic carbocycles. The first-order valence-corrected chi connectivity index (χ1v) is 7.71. The van der Waals surface area contributed by atoms with Gasteiger partial charge in [-0.3, -0.25) is 4.79 Å². The van der Waals surface area contributed by atoms with Gasteiger partial charge >= 0.3 is 0 Å². The van der Waals surface area contributed by atoms with Gasteiger partial charge in [0.2, 0.25) is 5.91 Å². The van der Waals surface area contributed by atoms with Gasteiger partial charge in [0.05, 0.1) is 13.0 Å². The molecule has 0 spiro atoms. The number of para-hydroxylation sites is 1. The number of carbonyl (C=O) groups excluding carboxylic acids is 1. The van der Waals surface area contributed by atoms with Crippen LogP contribution in [0.25, 0.3) is 0 Å². The minimum Gasteiger partial charge on any atom is -0.491 e. The molecule has 2 rings (SSSR count). The van der Waals surface area contributed by atoms with Gasteiger partial charge in [-0.25, -0.2) is 0 Å². The summed E-state index contributed by atoms with van der Waals surface area (Å²) in [7, 11) is 0. The van der Waals surface area contributed by atoms with E-state index in [2.05, 4.69) is 5.32 Å². The van der Waals surface area contributed by atoms with Gasteiger partial charge in [-0.1, -0.05) is 47.5 Å². The lowest BCUT2D eigenvalue weighted by Gasteiger charge is -2.10. The Hall–Kier alpha value is -1.71. The highest BCUT2D eigenvalue weighted by Crippen LogP contribution is 2.24. The van der Waals surface area contributed by atoms with Crippen LogP contribution in [0.5, 0.6) is 5.75 Å². The lowest BCUT2D eigenvalue weighted by atomic mass is 10.1. The van der Waals surface area contributed by atoms with Gasteiger partial charge in [-0.2, -0.15) is 0 Å². The SMILES string of the molecule is Cc1ccccc1OCCNC(=O)Cc1c(Cl)cccc1Cl. The van der Waals surface area contributed by atoms with Gasteiger partial charge < -0.3 is 10.1 Å². The van der Waals surface area contributed by atoms with Gasteiger partial charge in [0, 0.05) is 10.0 Å². The first kappa shape index (κ1) is 16.7. The molecule has 22 heavy (non-hydrogen) atoms. The summed E-state index contributed by atoms with van der Waals surface area (Å²) in [5.74, 6) is 0.689. The Bertz CT molecular complexity index is 639. The van der Waals surface area contributed by atoms with Gasteiger partial charge in [0.1, 0.15) is 12.4 Å². The largest absolute Gasteiger partial charge is 0.491 e. The zero-order valence-corrected chi connectivity index (χ0v) is 13.7. The van der Waals surface area contributed by atoms with Crippen LogP contribution in [0, 0.1) is 6.92 Å². The summed E-state index contributed by atoms with van der Waals surface area (Å²) >= 11 is 12.1. The van der Waals surface area contributed by atoms with Crippen molar-refractivity contribution in [3.8, 4) is 5.75 Å². The fourth-order valence-electron chi connectivity index (χ4n) is 1.99. The molecule has 0 unspecified atom stereocenters. The molecular weight excluding hydrogens is 321 g/mol. The van der Waals surface area contributed by atoms with Gasteiger partial charge in [-0.15, -0.1) is 0 Å². The second-order valence-electron chi connectivity index (χ2n) is 4.84. The summed E-state index contributed by atoms with van der Waals surface area (Å²) in [6.45, 7) is 2.81. The maximum atomic E-state index is 11.9. The third-order valence-corrected chi connectivity index (χ3v) is 3.88. The molecule has 2 aromatic rings. The number of ether oxygens (including phenoxy) is 1. The molecular formula is C17H17Cl2NO2. The van der Waals surface area contributed by atoms with Gasteiger partial charge in [-0.05, 0) is 36.2 Å². The molecule has 5 heteroatoms. The Kier molecular flexibility index (Phi) is 6.10. The van der Waals surface area contributed by atoms with E-state index in [9.17, 15) is 4.79 Å². The van der Waals surface area contributed by atoms with Crippen LogP contribution in [0.1, 0.15) is 11.1 Å². The number of aryl methyl sites for hydroxylation is 1. The molecule has 1 amide bonds. The molecule has 3 nitrogen and oxygen atoms in total. The van der Waals surface area contributed by atoms with Crippen molar-refractivity contribution in [3.05, 3.63) is 63.6 Å². The van der Waals surface area contributed by atoms with Crippen LogP contribution in [0.3, 0.4) is 0 Å². The van der Waals surface area contributed by atoms with Crippen molar-refractivity contribution in [2.24, 2.45) is 0 Å². The lowest BCUT2D eigenvalue weighted by Crippen LogP contribution is -2.29. The highest BCUT2D eigenvalue weighted by molar-refractivity contribution is 6.36. The highest BCUT2D eigenvalue weighted by atomic mass is 35.5. The maximum Gasteiger partial charge on any atom is 0.224 e. The number of carbonyl (C=O) groups is 1. The normalized spacial score (nSPS) is 10.3. The second-order valence-corrected chi connectivity index (χ2v) is 5.66. The van der Waals surface area contributed by atoms with Crippen LogP contribution in [0.2, 0.25) is 10.0 Å². The summed E-state index contributed by atoms with van der Waals surface area (Å²) in [5.41, 5.74) is 1.71. The third kappa shape index (κ3) is 4.65. The van der Waals surface area contributed by atoms with E-state index in [1.807, 2.05) is 31.2 Å². The van der Waals surface area contributed by atoms with E-state index in [1.54, 1.807) is 18.2 Å². The van der Waals surface area contributed by atoms with Crippen molar-refractivity contribution in [3.63, 3.8) is 0 Å². The fourth-order valence-corrected chi connectivity index (χ4v) is 2.53. The highest BCUT2D eigenvalue weighted by Gasteiger charge is 2.10. The van der Waals surface area contributed by atoms with E-state index in [0.717, 1.165) is 11.3 Å². The van der Waals surface area contributed by atoms with Crippen molar-refractivity contribution in [2.75, 3.05) is 13.2 Å². The Morgan fingerprint density at radius 2 is 1.77 bits per heavy atom. The lowest BCUT2D eigenvalue weighted by molar-refractivity contribution is -0.120. The summed E-state index contributed by atoms with van der Waals surface area (Å²) < 4.78 is 5.62. The number of rotatable bonds is 6. The van der Waals surface area contributed by atoms with Crippen molar-refractivity contribution in [1.29, 1.82) is 0 Å². The van der Waals surface area contributed by atoms with E-state index >= 15 is 0 Å². The molecule has 0 aliphatic carbocycles. The number of halogens is 2. The average molecular weight is 338 g/mol. The molecule has 1 N–H and O–H groups in total. The van der Waals surface area contributed by atoms with Crippen molar-refractivity contribution in [2.45, 2.75) is 13.3 Å². The zero-order chi connectivity index (χ0) is 15.9. The molecule has 0 bridgehead atoms. The van der Waals surface area contributed by atoms with E-state index in [4.69, 9.17) is 27.9 Å². The van der Waals surface area contributed by atoms with E-state index < -0.39 is 0 Å². The molecule has 0 heterocycles. The number of hydrogen-bond acceptors (Lipinski definition) is 2. The summed E-state index contributed by atoms with van der Waals surface area (Å²) in [4.78, 5) is 11.9. The molecule has 0 saturated heterocycles. The zero-order valence-electron chi connectivity index (χ0n) is 12.2. The minimum absolute atomic E-state index is 0.136. The van der Waals surface area contributed by atoms with Crippen LogP contribution in [0.4, 0.5) is 0 Å². The van der Waals surface area contributed by atoms with Crippen LogP contribution in [0.15, 0.2) is 42.5 Å². The molecule has 0 aliphatic heterocycles. The van der Waals surface area contributed by atoms with Crippen molar-refractivity contribution >= 4 is 29.1 Å². The maximum absolute atomic E-state index is 11.9. The van der Waals surface area contributed by atoms with E-state index in [-0.39, 0.29) is 12.3 Å². The van der Waals surface area contributed by atoms with Crippen LogP contribution >= 0.6 is 23.2 Å². The fraction of sp³-hybridized carbons (Fsp3) is 0.235. The summed E-state index contributed by atoms with van der Waals surface area (Å²) in [5, 5.41) is 3.79. The van der Waals surface area contributed by atoms with Crippen LogP contribution in [-0.4, -0.2) is 19.1 Å². The first-order valence-electron chi connectivity index (χ1n) is 6.96. The number of hydrogen-bond donors (Lipinski definition) is 1. The minimum atomic E-state index is -0.136. The number of benzene rings is 2. The Balaban J connectivity index is 1.78. The second kappa shape index (κ2) is 8.06. The van der Waals surface area contributed by atoms with Crippen molar-refractivity contribution < 1.29 is 9.53 Å². The topological polar surface area (TPSA) is 38.3 Å². The first-order chi connectivity index (χ1) is 10.6. The Morgan fingerprint density at radius 3 is 2.45 bits per heavy atom. The standard InChI is InChI=1S/C17H17Cl2NO2/c1-12-5-2-3-8-16(12)22-10-9-20-17(21)11-13-14(18)6-4-7-15(13)19/h2-8H,9-11H2,1H3,(H,20,21). The molecule has 0 atom stereocenters. The van der Waals surface area contributed by atoms with E-state index in [1.165, 1.54) is 0 Å². The van der Waals surface area contributed by atoms with Gasteiger partial charge in [0.25, 0.3) is 0 Å². The predicted molar refractivity (Wildman–Crippen MR) is 89.8 cm³/mol. The predicted octanol–water partition coefficient (Wildman–Crippen LogP) is 4.04. The molecule has 0 aliphatic rings. The van der Waals surface area contributed by atoms with Crippen LogP contribution < -0.4 is 10.1 Å². The molecule has 0 fully saturated rings. The van der Waals surface area contributed by atoms with E-state index in [0.29, 0.717) is 28.8 Å². The smallest absolute Gasteiger partial charge is 0.224 e. The molecule has 116 valence electrons. The van der Waals surface area contributed by atoms with Crippen LogP contribution in [-0.2, 0) is 11.2 Å². The number of amides is 1. The summed E-state index contributed by atoms with van der Waals surface area (Å²) in [6.07, 6.45) is 0.156. The Morgan fingerprint density at radius 1 is 1.09 bits per heavy atom. The van der Waals surface area contributed by atoms with Gasteiger partial charge in [0.15, 0.2) is 0 Å². The molecule has 0 aromatic heterocycles. The average Bonchev–Trinajstić information content (AvgIpc) is 2.49. The molecule has 0 radical (unpaired) electrons. The monoisotopic (exact) mass is 337 g/mol.